The first kappa shape index (κ1) is 18.0. The summed E-state index contributed by atoms with van der Waals surface area (Å²) in [6.45, 7) is 0. The predicted octanol–water partition coefficient (Wildman–Crippen LogP) is 4.25. The van der Waals surface area contributed by atoms with Gasteiger partial charge in [0.1, 0.15) is 17.3 Å². The van der Waals surface area contributed by atoms with Crippen LogP contribution in [-0.4, -0.2) is 19.3 Å². The number of benzene rings is 2. The van der Waals surface area contributed by atoms with Crippen molar-refractivity contribution in [1.29, 1.82) is 0 Å². The molecule has 1 aliphatic rings. The SMILES string of the molecule is O=S(=O)(c1ccc(Oc2ccc(F)c(Cl)c2)c2c1C(O)CC2)C(F)F. The van der Waals surface area contributed by atoms with Crippen LogP contribution in [0.3, 0.4) is 0 Å². The fraction of sp³-hybridized carbons (Fsp3) is 0.250. The second-order valence-corrected chi connectivity index (χ2v) is 7.79. The highest BCUT2D eigenvalue weighted by molar-refractivity contribution is 7.91. The van der Waals surface area contributed by atoms with Crippen molar-refractivity contribution in [3.8, 4) is 11.5 Å². The van der Waals surface area contributed by atoms with Crippen LogP contribution < -0.4 is 4.74 Å². The Labute approximate surface area is 146 Å². The van der Waals surface area contributed by atoms with Crippen molar-refractivity contribution in [2.45, 2.75) is 29.6 Å². The van der Waals surface area contributed by atoms with E-state index in [2.05, 4.69) is 0 Å². The van der Waals surface area contributed by atoms with Crippen LogP contribution in [0.5, 0.6) is 11.5 Å². The molecule has 0 bridgehead atoms. The van der Waals surface area contributed by atoms with Crippen molar-refractivity contribution in [3.05, 3.63) is 52.3 Å². The molecule has 2 aromatic rings. The highest BCUT2D eigenvalue weighted by Crippen LogP contribution is 2.43. The van der Waals surface area contributed by atoms with E-state index >= 15 is 0 Å². The first-order valence-electron chi connectivity index (χ1n) is 7.20. The van der Waals surface area contributed by atoms with Crippen molar-refractivity contribution in [2.75, 3.05) is 0 Å². The molecule has 3 rings (SSSR count). The first-order chi connectivity index (χ1) is 11.7. The van der Waals surface area contributed by atoms with Crippen molar-refractivity contribution < 1.29 is 31.4 Å². The lowest BCUT2D eigenvalue weighted by atomic mass is 10.1. The molecule has 1 atom stereocenters. The molecule has 0 heterocycles. The third kappa shape index (κ3) is 3.21. The molecular formula is C16H12ClF3O4S. The molecule has 2 aromatic carbocycles. The normalized spacial score (nSPS) is 17.0. The van der Waals surface area contributed by atoms with Crippen LogP contribution in [0.25, 0.3) is 0 Å². The lowest BCUT2D eigenvalue weighted by Gasteiger charge is -2.15. The van der Waals surface area contributed by atoms with Crippen molar-refractivity contribution in [3.63, 3.8) is 0 Å². The minimum atomic E-state index is -4.86. The van der Waals surface area contributed by atoms with E-state index < -0.39 is 32.4 Å². The Hall–Kier alpha value is -1.77. The van der Waals surface area contributed by atoms with E-state index in [-0.39, 0.29) is 34.9 Å². The fourth-order valence-electron chi connectivity index (χ4n) is 2.78. The second-order valence-electron chi connectivity index (χ2n) is 5.49. The maximum absolute atomic E-state index is 13.2. The first-order valence-corrected chi connectivity index (χ1v) is 9.13. The number of hydrogen-bond donors (Lipinski definition) is 1. The Morgan fingerprint density at radius 1 is 1.24 bits per heavy atom. The number of alkyl halides is 2. The Morgan fingerprint density at radius 2 is 1.96 bits per heavy atom. The van der Waals surface area contributed by atoms with Gasteiger partial charge in [-0.2, -0.15) is 8.78 Å². The Balaban J connectivity index is 2.08. The molecule has 0 radical (unpaired) electrons. The summed E-state index contributed by atoms with van der Waals surface area (Å²) >= 11 is 5.68. The third-order valence-corrected chi connectivity index (χ3v) is 5.66. The number of hydrogen-bond acceptors (Lipinski definition) is 4. The molecule has 0 aliphatic heterocycles. The van der Waals surface area contributed by atoms with Crippen LogP contribution in [0, 0.1) is 5.82 Å². The number of fused-ring (bicyclic) bond motifs is 1. The fourth-order valence-corrected chi connectivity index (χ4v) is 3.96. The highest BCUT2D eigenvalue weighted by atomic mass is 35.5. The van der Waals surface area contributed by atoms with Crippen LogP contribution in [-0.2, 0) is 16.3 Å². The largest absolute Gasteiger partial charge is 0.457 e. The van der Waals surface area contributed by atoms with Gasteiger partial charge in [0, 0.05) is 17.2 Å². The molecule has 4 nitrogen and oxygen atoms in total. The maximum atomic E-state index is 13.2. The Kier molecular flexibility index (Phi) is 4.70. The van der Waals surface area contributed by atoms with Crippen LogP contribution in [0.15, 0.2) is 35.2 Å². The maximum Gasteiger partial charge on any atom is 0.341 e. The van der Waals surface area contributed by atoms with Gasteiger partial charge in [0.15, 0.2) is 0 Å². The highest BCUT2D eigenvalue weighted by Gasteiger charge is 2.36. The van der Waals surface area contributed by atoms with Gasteiger partial charge in [-0.15, -0.1) is 0 Å². The summed E-state index contributed by atoms with van der Waals surface area (Å²) < 4.78 is 68.2. The molecule has 0 spiro atoms. The van der Waals surface area contributed by atoms with Crippen LogP contribution in [0.4, 0.5) is 13.2 Å². The van der Waals surface area contributed by atoms with Gasteiger partial charge in [-0.3, -0.25) is 0 Å². The van der Waals surface area contributed by atoms with Gasteiger partial charge in [-0.05, 0) is 37.1 Å². The minimum absolute atomic E-state index is 0.0778. The smallest absolute Gasteiger partial charge is 0.341 e. The quantitative estimate of drug-likeness (QED) is 0.845. The number of aliphatic hydroxyl groups is 1. The van der Waals surface area contributed by atoms with Gasteiger partial charge >= 0.3 is 5.76 Å². The van der Waals surface area contributed by atoms with Crippen LogP contribution >= 0.6 is 11.6 Å². The zero-order valence-corrected chi connectivity index (χ0v) is 14.1. The third-order valence-electron chi connectivity index (χ3n) is 3.94. The number of aliphatic hydroxyl groups excluding tert-OH is 1. The van der Waals surface area contributed by atoms with Gasteiger partial charge < -0.3 is 9.84 Å². The molecule has 0 saturated carbocycles. The summed E-state index contributed by atoms with van der Waals surface area (Å²) in [7, 11) is -4.86. The predicted molar refractivity (Wildman–Crippen MR) is 84.4 cm³/mol. The van der Waals surface area contributed by atoms with Crippen molar-refractivity contribution >= 4 is 21.4 Å². The molecule has 0 saturated heterocycles. The van der Waals surface area contributed by atoms with E-state index in [0.29, 0.717) is 5.56 Å². The van der Waals surface area contributed by atoms with E-state index in [1.54, 1.807) is 0 Å². The van der Waals surface area contributed by atoms with Crippen LogP contribution in [0.1, 0.15) is 23.7 Å². The van der Waals surface area contributed by atoms with Gasteiger partial charge in [-0.1, -0.05) is 11.6 Å². The molecular weight excluding hydrogens is 381 g/mol. The summed E-state index contributed by atoms with van der Waals surface area (Å²) in [5, 5.41) is 9.88. The van der Waals surface area contributed by atoms with E-state index in [1.165, 1.54) is 18.2 Å². The zero-order valence-electron chi connectivity index (χ0n) is 12.5. The molecule has 1 N–H and O–H groups in total. The number of halogens is 4. The van der Waals surface area contributed by atoms with Gasteiger partial charge in [0.25, 0.3) is 0 Å². The average molecular weight is 393 g/mol. The molecule has 25 heavy (non-hydrogen) atoms. The van der Waals surface area contributed by atoms with Gasteiger partial charge in [0.05, 0.1) is 16.0 Å². The van der Waals surface area contributed by atoms with E-state index in [0.717, 1.165) is 12.1 Å². The summed E-state index contributed by atoms with van der Waals surface area (Å²) in [5.41, 5.74) is 0.251. The number of sulfone groups is 1. The van der Waals surface area contributed by atoms with E-state index in [1.807, 2.05) is 0 Å². The van der Waals surface area contributed by atoms with Crippen LogP contribution in [0.2, 0.25) is 5.02 Å². The summed E-state index contributed by atoms with van der Waals surface area (Å²) in [4.78, 5) is -0.605. The topological polar surface area (TPSA) is 63.6 Å². The molecule has 134 valence electrons. The standard InChI is InChI=1S/C16H12ClF3O4S/c17-10-7-8(1-3-11(10)18)24-13-5-6-14(25(22,23)16(19)20)15-9(13)2-4-12(15)21/h1,3,5-7,12,16,21H,2,4H2. The lowest BCUT2D eigenvalue weighted by Crippen LogP contribution is -2.15. The Morgan fingerprint density at radius 3 is 2.60 bits per heavy atom. The molecule has 0 aromatic heterocycles. The van der Waals surface area contributed by atoms with Gasteiger partial charge in [0.2, 0.25) is 9.84 Å². The zero-order chi connectivity index (χ0) is 18.4. The van der Waals surface area contributed by atoms with Crippen molar-refractivity contribution in [1.82, 2.24) is 0 Å². The molecule has 0 amide bonds. The van der Waals surface area contributed by atoms with E-state index in [4.69, 9.17) is 16.3 Å². The molecule has 9 heteroatoms. The van der Waals surface area contributed by atoms with Crippen molar-refractivity contribution in [2.24, 2.45) is 0 Å². The van der Waals surface area contributed by atoms with E-state index in [9.17, 15) is 26.7 Å². The lowest BCUT2D eigenvalue weighted by molar-refractivity contribution is 0.176. The number of rotatable bonds is 4. The van der Waals surface area contributed by atoms with Gasteiger partial charge in [-0.25, -0.2) is 12.8 Å². The monoisotopic (exact) mass is 392 g/mol. The Bertz CT molecular complexity index is 931. The average Bonchev–Trinajstić information content (AvgIpc) is 2.93. The second kappa shape index (κ2) is 6.51. The minimum Gasteiger partial charge on any atom is -0.457 e. The molecule has 1 unspecified atom stereocenters. The summed E-state index contributed by atoms with van der Waals surface area (Å²) in [6.07, 6.45) is -0.738. The molecule has 1 aliphatic carbocycles. The summed E-state index contributed by atoms with van der Waals surface area (Å²) in [5.74, 6) is -3.83. The number of ether oxygens (including phenoxy) is 1. The molecule has 0 fully saturated rings. The summed E-state index contributed by atoms with van der Waals surface area (Å²) in [6, 6.07) is 5.88.